The lowest BCUT2D eigenvalue weighted by Gasteiger charge is -2.16. The molecule has 0 aliphatic carbocycles. The van der Waals surface area contributed by atoms with Crippen LogP contribution in [0.25, 0.3) is 99.2 Å². The lowest BCUT2D eigenvalue weighted by molar-refractivity contribution is 1.19. The van der Waals surface area contributed by atoms with E-state index in [1.54, 1.807) is 0 Å². The van der Waals surface area contributed by atoms with Gasteiger partial charge in [-0.15, -0.1) is 0 Å². The van der Waals surface area contributed by atoms with Crippen LogP contribution in [-0.2, 0) is 0 Å². The van der Waals surface area contributed by atoms with Gasteiger partial charge in [-0.05, 0) is 83.5 Å². The molecule has 0 aliphatic rings. The Morgan fingerprint density at radius 3 is 1.67 bits per heavy atom. The third kappa shape index (κ3) is 5.21. The minimum atomic E-state index is 0.697. The summed E-state index contributed by atoms with van der Waals surface area (Å²) < 4.78 is 0. The standard InChI is InChI=1S/C50H32N2/c1-2-12-33(13-3-1)35-22-25-37(26-23-35)50-51-47(44-21-11-10-19-42(44)40-27-24-34-14-4-5-16-38(34)30-40)32-48(52-50)49-43-20-9-7-17-39(43)31-46-41-18-8-6-15-36(41)28-29-45(46)49/h1-32H. The maximum absolute atomic E-state index is 5.41. The van der Waals surface area contributed by atoms with E-state index in [1.165, 1.54) is 48.7 Å². The zero-order valence-corrected chi connectivity index (χ0v) is 28.4. The van der Waals surface area contributed by atoms with Crippen molar-refractivity contribution in [2.24, 2.45) is 0 Å². The summed E-state index contributed by atoms with van der Waals surface area (Å²) >= 11 is 0. The summed E-state index contributed by atoms with van der Waals surface area (Å²) in [5.74, 6) is 0.697. The zero-order valence-electron chi connectivity index (χ0n) is 28.4. The highest BCUT2D eigenvalue weighted by Gasteiger charge is 2.18. The van der Waals surface area contributed by atoms with E-state index in [9.17, 15) is 0 Å². The topological polar surface area (TPSA) is 25.8 Å². The van der Waals surface area contributed by atoms with Crippen molar-refractivity contribution >= 4 is 43.1 Å². The summed E-state index contributed by atoms with van der Waals surface area (Å²) in [6, 6.07) is 69.3. The molecule has 1 aromatic heterocycles. The molecule has 0 saturated carbocycles. The van der Waals surface area contributed by atoms with Crippen LogP contribution >= 0.6 is 0 Å². The molecule has 2 nitrogen and oxygen atoms in total. The molecule has 0 fully saturated rings. The van der Waals surface area contributed by atoms with Crippen molar-refractivity contribution in [1.29, 1.82) is 0 Å². The maximum Gasteiger partial charge on any atom is 0.160 e. The van der Waals surface area contributed by atoms with E-state index in [0.29, 0.717) is 5.82 Å². The third-order valence-electron chi connectivity index (χ3n) is 10.3. The van der Waals surface area contributed by atoms with Gasteiger partial charge in [-0.3, -0.25) is 0 Å². The van der Waals surface area contributed by atoms with Gasteiger partial charge in [-0.25, -0.2) is 9.97 Å². The average molecular weight is 661 g/mol. The Morgan fingerprint density at radius 2 is 0.846 bits per heavy atom. The van der Waals surface area contributed by atoms with E-state index >= 15 is 0 Å². The summed E-state index contributed by atoms with van der Waals surface area (Å²) in [5.41, 5.74) is 9.59. The molecule has 0 unspecified atom stereocenters. The fourth-order valence-electron chi connectivity index (χ4n) is 7.70. The van der Waals surface area contributed by atoms with Crippen LogP contribution in [0.3, 0.4) is 0 Å². The number of hydrogen-bond donors (Lipinski definition) is 0. The summed E-state index contributed by atoms with van der Waals surface area (Å²) in [7, 11) is 0. The molecule has 52 heavy (non-hydrogen) atoms. The van der Waals surface area contributed by atoms with Crippen molar-refractivity contribution in [3.63, 3.8) is 0 Å². The number of rotatable bonds is 5. The largest absolute Gasteiger partial charge is 0.228 e. The van der Waals surface area contributed by atoms with Crippen LogP contribution in [0.5, 0.6) is 0 Å². The Bertz CT molecular complexity index is 2940. The van der Waals surface area contributed by atoms with Crippen molar-refractivity contribution in [1.82, 2.24) is 9.97 Å². The number of nitrogens with zero attached hydrogens (tertiary/aromatic N) is 2. The van der Waals surface area contributed by atoms with Gasteiger partial charge in [-0.2, -0.15) is 0 Å². The SMILES string of the molecule is c1ccc(-c2ccc(-c3nc(-c4ccccc4-c4ccc5ccccc5c4)cc(-c4c5ccccc5cc5c4ccc4ccccc45)n3)cc2)cc1. The maximum atomic E-state index is 5.41. The molecule has 10 aromatic rings. The molecule has 0 spiro atoms. The predicted molar refractivity (Wildman–Crippen MR) is 219 cm³/mol. The van der Waals surface area contributed by atoms with Crippen LogP contribution in [0.2, 0.25) is 0 Å². The molecule has 2 heteroatoms. The van der Waals surface area contributed by atoms with Crippen LogP contribution in [0.1, 0.15) is 0 Å². The monoisotopic (exact) mass is 660 g/mol. The summed E-state index contributed by atoms with van der Waals surface area (Å²) in [6.07, 6.45) is 0. The van der Waals surface area contributed by atoms with Gasteiger partial charge < -0.3 is 0 Å². The Morgan fingerprint density at radius 1 is 0.269 bits per heavy atom. The molecule has 9 aromatic carbocycles. The van der Waals surface area contributed by atoms with Crippen LogP contribution in [0.15, 0.2) is 194 Å². The van der Waals surface area contributed by atoms with Gasteiger partial charge in [0, 0.05) is 16.7 Å². The number of hydrogen-bond acceptors (Lipinski definition) is 2. The number of aromatic nitrogens is 2. The van der Waals surface area contributed by atoms with Crippen LogP contribution in [0.4, 0.5) is 0 Å². The first-order valence-corrected chi connectivity index (χ1v) is 17.7. The van der Waals surface area contributed by atoms with Gasteiger partial charge in [0.05, 0.1) is 11.4 Å². The second-order valence-electron chi connectivity index (χ2n) is 13.4. The van der Waals surface area contributed by atoms with Gasteiger partial charge in [0.1, 0.15) is 0 Å². The van der Waals surface area contributed by atoms with Crippen molar-refractivity contribution in [2.45, 2.75) is 0 Å². The summed E-state index contributed by atoms with van der Waals surface area (Å²) in [4.78, 5) is 10.8. The van der Waals surface area contributed by atoms with E-state index in [1.807, 2.05) is 6.07 Å². The highest BCUT2D eigenvalue weighted by atomic mass is 14.9. The Hall–Kier alpha value is -6.90. The van der Waals surface area contributed by atoms with Crippen LogP contribution in [0, 0.1) is 0 Å². The number of benzene rings is 9. The van der Waals surface area contributed by atoms with E-state index < -0.39 is 0 Å². The minimum absolute atomic E-state index is 0.697. The average Bonchev–Trinajstić information content (AvgIpc) is 3.23. The van der Waals surface area contributed by atoms with Crippen LogP contribution in [-0.4, -0.2) is 9.97 Å². The summed E-state index contributed by atoms with van der Waals surface area (Å²) in [6.45, 7) is 0. The van der Waals surface area contributed by atoms with Gasteiger partial charge in [0.25, 0.3) is 0 Å². The predicted octanol–water partition coefficient (Wildman–Crippen LogP) is 13.4. The molecule has 0 amide bonds. The molecule has 0 N–H and O–H groups in total. The fraction of sp³-hybridized carbons (Fsp3) is 0. The quantitative estimate of drug-likeness (QED) is 0.136. The Kier molecular flexibility index (Phi) is 7.18. The third-order valence-corrected chi connectivity index (χ3v) is 10.3. The van der Waals surface area contributed by atoms with E-state index in [4.69, 9.17) is 9.97 Å². The highest BCUT2D eigenvalue weighted by molar-refractivity contribution is 6.19. The van der Waals surface area contributed by atoms with Crippen molar-refractivity contribution in [3.8, 4) is 56.2 Å². The molecule has 0 saturated heterocycles. The van der Waals surface area contributed by atoms with Gasteiger partial charge in [0.2, 0.25) is 0 Å². The molecular weight excluding hydrogens is 629 g/mol. The molecule has 242 valence electrons. The van der Waals surface area contributed by atoms with Crippen molar-refractivity contribution in [3.05, 3.63) is 194 Å². The molecular formula is C50H32N2. The second kappa shape index (κ2) is 12.5. The van der Waals surface area contributed by atoms with Crippen molar-refractivity contribution < 1.29 is 0 Å². The first-order chi connectivity index (χ1) is 25.8. The van der Waals surface area contributed by atoms with Gasteiger partial charge in [0.15, 0.2) is 5.82 Å². The molecule has 0 bridgehead atoms. The minimum Gasteiger partial charge on any atom is -0.228 e. The van der Waals surface area contributed by atoms with E-state index in [0.717, 1.165) is 44.8 Å². The first kappa shape index (κ1) is 30.0. The highest BCUT2D eigenvalue weighted by Crippen LogP contribution is 2.41. The zero-order chi connectivity index (χ0) is 34.4. The normalized spacial score (nSPS) is 11.5. The fourth-order valence-corrected chi connectivity index (χ4v) is 7.70. The summed E-state index contributed by atoms with van der Waals surface area (Å²) in [5, 5.41) is 9.65. The Balaban J connectivity index is 1.24. The van der Waals surface area contributed by atoms with Crippen LogP contribution < -0.4 is 0 Å². The molecule has 10 rings (SSSR count). The van der Waals surface area contributed by atoms with E-state index in [-0.39, 0.29) is 0 Å². The number of fused-ring (bicyclic) bond motifs is 5. The lowest BCUT2D eigenvalue weighted by atomic mass is 9.90. The Labute approximate surface area is 302 Å². The molecule has 0 radical (unpaired) electrons. The van der Waals surface area contributed by atoms with Crippen molar-refractivity contribution in [2.75, 3.05) is 0 Å². The molecule has 0 atom stereocenters. The second-order valence-corrected chi connectivity index (χ2v) is 13.4. The van der Waals surface area contributed by atoms with E-state index in [2.05, 4.69) is 188 Å². The molecule has 1 heterocycles. The molecule has 0 aliphatic heterocycles. The smallest absolute Gasteiger partial charge is 0.160 e. The lowest BCUT2D eigenvalue weighted by Crippen LogP contribution is -1.98. The van der Waals surface area contributed by atoms with Gasteiger partial charge >= 0.3 is 0 Å². The van der Waals surface area contributed by atoms with Gasteiger partial charge in [-0.1, -0.05) is 176 Å². The first-order valence-electron chi connectivity index (χ1n) is 17.7.